The van der Waals surface area contributed by atoms with Crippen LogP contribution in [0.1, 0.15) is 32.0 Å². The van der Waals surface area contributed by atoms with Gasteiger partial charge in [0.2, 0.25) is 0 Å². The predicted octanol–water partition coefficient (Wildman–Crippen LogP) is 7.60. The highest BCUT2D eigenvalue weighted by Gasteiger charge is 2.22. The van der Waals surface area contributed by atoms with Crippen LogP contribution in [0.15, 0.2) is 72.9 Å². The largest absolute Gasteiger partial charge is 0.506 e. The molecule has 6 rings (SSSR count). The molecule has 3 aromatic carbocycles. The molecule has 0 bridgehead atoms. The summed E-state index contributed by atoms with van der Waals surface area (Å²) in [7, 11) is 0. The van der Waals surface area contributed by atoms with Crippen LogP contribution in [0.25, 0.3) is 20.9 Å². The summed E-state index contributed by atoms with van der Waals surface area (Å²) >= 11 is 7.55. The van der Waals surface area contributed by atoms with E-state index in [2.05, 4.69) is 26.0 Å². The SMILES string of the molecule is CC(C)(C)c1cc(NC(=O)NCc2ccccc2Oc2ccc3c(c2)sc2ncc(NC(=O)O)n23)n(-c2ccc(O)c(Cl)c2)n1. The molecule has 0 fully saturated rings. The summed E-state index contributed by atoms with van der Waals surface area (Å²) in [5, 5.41) is 32.0. The molecule has 14 heteroatoms. The number of carboxylic acid groups (broad SMARTS) is 1. The fourth-order valence-corrected chi connectivity index (χ4v) is 5.84. The Morgan fingerprint density at radius 1 is 1.02 bits per heavy atom. The normalized spacial score (nSPS) is 11.6. The third-order valence-electron chi connectivity index (χ3n) is 6.87. The number of halogens is 1. The molecule has 0 unspecified atom stereocenters. The fraction of sp³-hybridized carbons (Fsp3) is 0.161. The van der Waals surface area contributed by atoms with E-state index in [9.17, 15) is 14.7 Å². The number of hydrogen-bond donors (Lipinski definition) is 5. The number of thiazole rings is 1. The highest BCUT2D eigenvalue weighted by atomic mass is 35.5. The Labute approximate surface area is 265 Å². The van der Waals surface area contributed by atoms with Crippen molar-refractivity contribution in [3.8, 4) is 22.9 Å². The van der Waals surface area contributed by atoms with E-state index in [-0.39, 0.29) is 22.7 Å². The first-order valence-corrected chi connectivity index (χ1v) is 15.0. The van der Waals surface area contributed by atoms with Gasteiger partial charge in [-0.3, -0.25) is 15.0 Å². The lowest BCUT2D eigenvalue weighted by molar-refractivity contribution is 0.209. The van der Waals surface area contributed by atoms with Gasteiger partial charge in [0.15, 0.2) is 4.96 Å². The van der Waals surface area contributed by atoms with Crippen molar-refractivity contribution in [3.05, 3.63) is 89.2 Å². The number of phenols is 1. The number of carbonyl (C=O) groups is 2. The molecule has 0 saturated carbocycles. The molecule has 0 atom stereocenters. The maximum atomic E-state index is 13.1. The van der Waals surface area contributed by atoms with E-state index in [1.165, 1.54) is 23.6 Å². The average Bonchev–Trinajstić information content (AvgIpc) is 3.68. The van der Waals surface area contributed by atoms with Crippen LogP contribution < -0.4 is 20.7 Å². The van der Waals surface area contributed by atoms with Gasteiger partial charge in [-0.1, -0.05) is 61.9 Å². The minimum atomic E-state index is -1.17. The molecule has 0 spiro atoms. The Morgan fingerprint density at radius 2 is 1.82 bits per heavy atom. The molecule has 3 aromatic heterocycles. The number of phenolic OH excluding ortho intramolecular Hbond substituents is 1. The Morgan fingerprint density at radius 3 is 2.58 bits per heavy atom. The van der Waals surface area contributed by atoms with Crippen LogP contribution in [-0.4, -0.2) is 41.5 Å². The standard InChI is InChI=1S/C31H28ClN7O5S/c1-31(2,3)25-14-26(39(37-25)18-8-11-22(40)20(32)12-18)35-28(41)33-15-17-6-4-5-7-23(17)44-19-9-10-21-24(13-19)45-29-34-16-27(38(21)29)36-30(42)43/h4-14,16,36,40H,15H2,1-3H3,(H,42,43)(H2,33,35,41). The number of nitrogens with one attached hydrogen (secondary N) is 3. The number of aromatic nitrogens is 4. The summed E-state index contributed by atoms with van der Waals surface area (Å²) in [6.45, 7) is 6.23. The first kappa shape index (κ1) is 29.8. The second-order valence-electron chi connectivity index (χ2n) is 11.2. The average molecular weight is 646 g/mol. The summed E-state index contributed by atoms with van der Waals surface area (Å²) < 4.78 is 10.4. The molecule has 0 saturated heterocycles. The van der Waals surface area contributed by atoms with Crippen molar-refractivity contribution >= 4 is 61.9 Å². The van der Waals surface area contributed by atoms with Gasteiger partial charge in [-0.15, -0.1) is 0 Å². The van der Waals surface area contributed by atoms with Crippen LogP contribution in [0.2, 0.25) is 5.02 Å². The first-order valence-electron chi connectivity index (χ1n) is 13.8. The maximum absolute atomic E-state index is 13.1. The summed E-state index contributed by atoms with van der Waals surface area (Å²) in [6.07, 6.45) is 0.307. The zero-order chi connectivity index (χ0) is 31.9. The van der Waals surface area contributed by atoms with Gasteiger partial charge in [-0.25, -0.2) is 19.3 Å². The molecular weight excluding hydrogens is 618 g/mol. The number of imidazole rings is 1. The zero-order valence-electron chi connectivity index (χ0n) is 24.3. The van der Waals surface area contributed by atoms with Crippen molar-refractivity contribution in [2.75, 3.05) is 10.6 Å². The van der Waals surface area contributed by atoms with Crippen molar-refractivity contribution in [2.45, 2.75) is 32.7 Å². The lowest BCUT2D eigenvalue weighted by Crippen LogP contribution is -2.29. The van der Waals surface area contributed by atoms with Crippen molar-refractivity contribution in [1.29, 1.82) is 0 Å². The van der Waals surface area contributed by atoms with E-state index in [0.717, 1.165) is 21.5 Å². The Bertz CT molecular complexity index is 2080. The fourth-order valence-electron chi connectivity index (χ4n) is 4.63. The van der Waals surface area contributed by atoms with Gasteiger partial charge in [0.05, 0.1) is 32.8 Å². The molecule has 3 amide bonds. The van der Waals surface area contributed by atoms with Crippen LogP contribution in [0.5, 0.6) is 17.2 Å². The molecule has 230 valence electrons. The smallest absolute Gasteiger partial charge is 0.410 e. The van der Waals surface area contributed by atoms with Gasteiger partial charge >= 0.3 is 12.1 Å². The summed E-state index contributed by atoms with van der Waals surface area (Å²) in [5.41, 5.74) is 2.58. The molecule has 12 nitrogen and oxygen atoms in total. The van der Waals surface area contributed by atoms with Crippen LogP contribution in [-0.2, 0) is 12.0 Å². The van der Waals surface area contributed by atoms with E-state index in [0.29, 0.717) is 33.8 Å². The number of para-hydroxylation sites is 1. The third kappa shape index (κ3) is 6.21. The second kappa shape index (κ2) is 11.7. The molecular formula is C31H28ClN7O5S. The molecule has 0 aliphatic carbocycles. The molecule has 3 heterocycles. The van der Waals surface area contributed by atoms with Crippen LogP contribution >= 0.6 is 22.9 Å². The number of nitrogens with zero attached hydrogens (tertiary/aromatic N) is 4. The Balaban J connectivity index is 1.19. The minimum absolute atomic E-state index is 0.0514. The van der Waals surface area contributed by atoms with Gasteiger partial charge in [-0.2, -0.15) is 5.10 Å². The van der Waals surface area contributed by atoms with Gasteiger partial charge in [0.1, 0.15) is 28.9 Å². The number of benzene rings is 3. The number of rotatable bonds is 7. The topological polar surface area (TPSA) is 155 Å². The Hall–Kier alpha value is -5.27. The number of urea groups is 1. The van der Waals surface area contributed by atoms with Gasteiger partial charge < -0.3 is 20.3 Å². The molecule has 0 aliphatic rings. The van der Waals surface area contributed by atoms with Gasteiger partial charge in [0, 0.05) is 29.7 Å². The van der Waals surface area contributed by atoms with E-state index in [1.807, 2.05) is 57.2 Å². The van der Waals surface area contributed by atoms with E-state index < -0.39 is 12.1 Å². The van der Waals surface area contributed by atoms with Crippen molar-refractivity contribution < 1.29 is 24.5 Å². The van der Waals surface area contributed by atoms with Crippen LogP contribution in [0.3, 0.4) is 0 Å². The quantitative estimate of drug-likeness (QED) is 0.120. The van der Waals surface area contributed by atoms with E-state index >= 15 is 0 Å². The molecule has 45 heavy (non-hydrogen) atoms. The highest BCUT2D eigenvalue weighted by Crippen LogP contribution is 2.34. The van der Waals surface area contributed by atoms with E-state index in [4.69, 9.17) is 21.4 Å². The van der Waals surface area contributed by atoms with E-state index in [1.54, 1.807) is 33.3 Å². The number of ether oxygens (including phenoxy) is 1. The zero-order valence-corrected chi connectivity index (χ0v) is 25.9. The van der Waals surface area contributed by atoms with Crippen molar-refractivity contribution in [2.24, 2.45) is 0 Å². The van der Waals surface area contributed by atoms with Crippen LogP contribution in [0, 0.1) is 0 Å². The van der Waals surface area contributed by atoms with Crippen molar-refractivity contribution in [3.63, 3.8) is 0 Å². The van der Waals surface area contributed by atoms with Crippen molar-refractivity contribution in [1.82, 2.24) is 24.5 Å². The third-order valence-corrected chi connectivity index (χ3v) is 8.19. The van der Waals surface area contributed by atoms with Gasteiger partial charge in [-0.05, 0) is 36.4 Å². The number of carbonyl (C=O) groups excluding carboxylic acids is 1. The molecule has 0 radical (unpaired) electrons. The predicted molar refractivity (Wildman–Crippen MR) is 174 cm³/mol. The maximum Gasteiger partial charge on any atom is 0.410 e. The Kier molecular flexibility index (Phi) is 7.73. The number of aromatic hydroxyl groups is 1. The molecule has 5 N–H and O–H groups in total. The number of fused-ring (bicyclic) bond motifs is 3. The molecule has 6 aromatic rings. The second-order valence-corrected chi connectivity index (χ2v) is 12.6. The number of hydrogen-bond acceptors (Lipinski definition) is 7. The number of anilines is 2. The summed E-state index contributed by atoms with van der Waals surface area (Å²) in [6, 6.07) is 18.9. The minimum Gasteiger partial charge on any atom is -0.506 e. The lowest BCUT2D eigenvalue weighted by atomic mass is 9.92. The lowest BCUT2D eigenvalue weighted by Gasteiger charge is -2.14. The first-order chi connectivity index (χ1) is 21.5. The highest BCUT2D eigenvalue weighted by molar-refractivity contribution is 7.23. The number of amides is 3. The monoisotopic (exact) mass is 645 g/mol. The summed E-state index contributed by atoms with van der Waals surface area (Å²) in [4.78, 5) is 29.2. The van der Waals surface area contributed by atoms with Gasteiger partial charge in [0.25, 0.3) is 0 Å². The summed E-state index contributed by atoms with van der Waals surface area (Å²) in [5.74, 6) is 1.87. The molecule has 0 aliphatic heterocycles. The van der Waals surface area contributed by atoms with Crippen LogP contribution in [0.4, 0.5) is 21.2 Å².